The van der Waals surface area contributed by atoms with Gasteiger partial charge in [0.1, 0.15) is 0 Å². The maximum Gasteiger partial charge on any atom is 0.220 e. The molecule has 1 aliphatic rings. The molecule has 0 aliphatic carbocycles. The monoisotopic (exact) mass is 340 g/mol. The molecule has 0 radical (unpaired) electrons. The Bertz CT molecular complexity index is 646. The van der Waals surface area contributed by atoms with Crippen LogP contribution >= 0.6 is 0 Å². The van der Waals surface area contributed by atoms with Crippen LogP contribution in [-0.2, 0) is 16.6 Å². The number of likely N-dealkylation sites (tertiary alicyclic amines) is 1. The molecule has 0 bridgehead atoms. The van der Waals surface area contributed by atoms with Crippen LogP contribution in [0.25, 0.3) is 0 Å². The van der Waals surface area contributed by atoms with Crippen molar-refractivity contribution in [2.24, 2.45) is 0 Å². The number of aromatic nitrogens is 2. The maximum atomic E-state index is 12.3. The standard InChI is InChI=1S/C20H28N4O/c1-24-12-10-20(11-13-24,18-7-3-2-4-8-18)16-21-19(25)9-5-6-17-14-22-23-15-17/h2-4,7-8,14-15H,5-6,9-13,16H2,1H3,(H,21,25)(H,22,23). The molecule has 2 aromatic rings. The van der Waals surface area contributed by atoms with Gasteiger partial charge in [0.25, 0.3) is 0 Å². The van der Waals surface area contributed by atoms with E-state index in [9.17, 15) is 4.79 Å². The molecule has 3 rings (SSSR count). The molecule has 25 heavy (non-hydrogen) atoms. The van der Waals surface area contributed by atoms with Gasteiger partial charge in [0.05, 0.1) is 6.20 Å². The molecule has 134 valence electrons. The summed E-state index contributed by atoms with van der Waals surface area (Å²) in [4.78, 5) is 14.7. The van der Waals surface area contributed by atoms with Crippen LogP contribution in [0, 0.1) is 0 Å². The average molecular weight is 340 g/mol. The molecule has 2 N–H and O–H groups in total. The van der Waals surface area contributed by atoms with Gasteiger partial charge < -0.3 is 10.2 Å². The number of H-pyrrole nitrogens is 1. The fourth-order valence-electron chi connectivity index (χ4n) is 3.63. The molecule has 5 heteroatoms. The van der Waals surface area contributed by atoms with E-state index < -0.39 is 0 Å². The number of carbonyl (C=O) groups excluding carboxylic acids is 1. The van der Waals surface area contributed by atoms with E-state index in [-0.39, 0.29) is 11.3 Å². The smallest absolute Gasteiger partial charge is 0.220 e. The highest BCUT2D eigenvalue weighted by molar-refractivity contribution is 5.76. The van der Waals surface area contributed by atoms with E-state index in [0.717, 1.165) is 50.9 Å². The molecule has 0 saturated carbocycles. The number of piperidine rings is 1. The Kier molecular flexibility index (Phi) is 5.87. The van der Waals surface area contributed by atoms with Crippen molar-refractivity contribution in [3.8, 4) is 0 Å². The molecule has 1 aromatic heterocycles. The molecule has 0 unspecified atom stereocenters. The predicted molar refractivity (Wildman–Crippen MR) is 99.4 cm³/mol. The average Bonchev–Trinajstić information content (AvgIpc) is 3.16. The van der Waals surface area contributed by atoms with Gasteiger partial charge >= 0.3 is 0 Å². The summed E-state index contributed by atoms with van der Waals surface area (Å²) in [6.07, 6.45) is 8.19. The van der Waals surface area contributed by atoms with Gasteiger partial charge in [-0.3, -0.25) is 9.89 Å². The molecule has 1 aromatic carbocycles. The van der Waals surface area contributed by atoms with Crippen LogP contribution in [0.5, 0.6) is 0 Å². The maximum absolute atomic E-state index is 12.3. The van der Waals surface area contributed by atoms with Gasteiger partial charge in [-0.1, -0.05) is 30.3 Å². The molecule has 0 atom stereocenters. The van der Waals surface area contributed by atoms with Crippen molar-refractivity contribution < 1.29 is 4.79 Å². The molecule has 1 aliphatic heterocycles. The number of hydrogen-bond acceptors (Lipinski definition) is 3. The van der Waals surface area contributed by atoms with Gasteiger partial charge in [-0.2, -0.15) is 5.10 Å². The number of carbonyl (C=O) groups is 1. The summed E-state index contributed by atoms with van der Waals surface area (Å²) in [6.45, 7) is 2.88. The summed E-state index contributed by atoms with van der Waals surface area (Å²) >= 11 is 0. The Labute approximate surface area is 149 Å². The first kappa shape index (κ1) is 17.7. The van der Waals surface area contributed by atoms with Crippen molar-refractivity contribution in [2.75, 3.05) is 26.7 Å². The van der Waals surface area contributed by atoms with Gasteiger partial charge in [0, 0.05) is 24.6 Å². The van der Waals surface area contributed by atoms with E-state index in [1.54, 1.807) is 0 Å². The van der Waals surface area contributed by atoms with Gasteiger partial charge in [0.2, 0.25) is 5.91 Å². The minimum atomic E-state index is 0.0635. The zero-order chi connectivity index (χ0) is 17.5. The lowest BCUT2D eigenvalue weighted by Crippen LogP contribution is -2.48. The second-order valence-corrected chi connectivity index (χ2v) is 7.19. The number of nitrogens with one attached hydrogen (secondary N) is 2. The first-order valence-electron chi connectivity index (χ1n) is 9.16. The van der Waals surface area contributed by atoms with Crippen molar-refractivity contribution in [2.45, 2.75) is 37.5 Å². The zero-order valence-electron chi connectivity index (χ0n) is 15.0. The highest BCUT2D eigenvalue weighted by Gasteiger charge is 2.35. The number of rotatable bonds is 7. The number of hydrogen-bond donors (Lipinski definition) is 2. The Morgan fingerprint density at radius 1 is 1.28 bits per heavy atom. The quantitative estimate of drug-likeness (QED) is 0.814. The highest BCUT2D eigenvalue weighted by Crippen LogP contribution is 2.34. The Morgan fingerprint density at radius 2 is 2.04 bits per heavy atom. The van der Waals surface area contributed by atoms with Crippen molar-refractivity contribution in [1.29, 1.82) is 0 Å². The van der Waals surface area contributed by atoms with Crippen LogP contribution in [0.3, 0.4) is 0 Å². The fourth-order valence-corrected chi connectivity index (χ4v) is 3.63. The largest absolute Gasteiger partial charge is 0.355 e. The molecule has 0 spiro atoms. The zero-order valence-corrected chi connectivity index (χ0v) is 15.0. The second-order valence-electron chi connectivity index (χ2n) is 7.19. The molecule has 1 amide bonds. The van der Waals surface area contributed by atoms with Crippen molar-refractivity contribution in [3.63, 3.8) is 0 Å². The molecule has 1 saturated heterocycles. The predicted octanol–water partition coefficient (Wildman–Crippen LogP) is 2.51. The van der Waals surface area contributed by atoms with E-state index in [0.29, 0.717) is 6.42 Å². The normalized spacial score (nSPS) is 17.3. The summed E-state index contributed by atoms with van der Waals surface area (Å²) < 4.78 is 0. The highest BCUT2D eigenvalue weighted by atomic mass is 16.1. The number of nitrogens with zero attached hydrogens (tertiary/aromatic N) is 2. The topological polar surface area (TPSA) is 61.0 Å². The summed E-state index contributed by atoms with van der Waals surface area (Å²) in [6, 6.07) is 10.7. The van der Waals surface area contributed by atoms with E-state index in [4.69, 9.17) is 0 Å². The molecule has 5 nitrogen and oxygen atoms in total. The van der Waals surface area contributed by atoms with Gasteiger partial charge in [0.15, 0.2) is 0 Å². The van der Waals surface area contributed by atoms with Crippen LogP contribution < -0.4 is 5.32 Å². The molecule has 2 heterocycles. The van der Waals surface area contributed by atoms with Gasteiger partial charge in [-0.15, -0.1) is 0 Å². The van der Waals surface area contributed by atoms with E-state index in [2.05, 4.69) is 57.8 Å². The lowest BCUT2D eigenvalue weighted by atomic mass is 9.72. The van der Waals surface area contributed by atoms with E-state index in [1.165, 1.54) is 5.56 Å². The molecular formula is C20H28N4O. The van der Waals surface area contributed by atoms with E-state index in [1.807, 2.05) is 12.4 Å². The SMILES string of the molecule is CN1CCC(CNC(=O)CCCc2cn[nH]c2)(c2ccccc2)CC1. The number of amides is 1. The Morgan fingerprint density at radius 3 is 2.72 bits per heavy atom. The third kappa shape index (κ3) is 4.69. The van der Waals surface area contributed by atoms with Crippen molar-refractivity contribution >= 4 is 5.91 Å². The minimum absolute atomic E-state index is 0.0635. The molecule has 1 fully saturated rings. The van der Waals surface area contributed by atoms with Gasteiger partial charge in [-0.25, -0.2) is 0 Å². The van der Waals surface area contributed by atoms with Crippen molar-refractivity contribution in [3.05, 3.63) is 53.9 Å². The Balaban J connectivity index is 1.54. The summed E-state index contributed by atoms with van der Waals surface area (Å²) in [5.41, 5.74) is 2.57. The number of benzene rings is 1. The summed E-state index contributed by atoms with van der Waals surface area (Å²) in [5.74, 6) is 0.151. The van der Waals surface area contributed by atoms with Crippen molar-refractivity contribution in [1.82, 2.24) is 20.4 Å². The first-order chi connectivity index (χ1) is 12.2. The van der Waals surface area contributed by atoms with Crippen LogP contribution in [0.2, 0.25) is 0 Å². The summed E-state index contributed by atoms with van der Waals surface area (Å²) in [5, 5.41) is 9.95. The first-order valence-corrected chi connectivity index (χ1v) is 9.16. The number of aryl methyl sites for hydroxylation is 1. The van der Waals surface area contributed by atoms with E-state index >= 15 is 0 Å². The third-order valence-corrected chi connectivity index (χ3v) is 5.38. The van der Waals surface area contributed by atoms with Crippen LogP contribution in [0.1, 0.15) is 36.8 Å². The van der Waals surface area contributed by atoms with Crippen LogP contribution in [0.15, 0.2) is 42.7 Å². The van der Waals surface area contributed by atoms with Crippen LogP contribution in [-0.4, -0.2) is 47.7 Å². The minimum Gasteiger partial charge on any atom is -0.355 e. The summed E-state index contributed by atoms with van der Waals surface area (Å²) in [7, 11) is 2.17. The van der Waals surface area contributed by atoms with Crippen LogP contribution in [0.4, 0.5) is 0 Å². The number of aromatic amines is 1. The van der Waals surface area contributed by atoms with Gasteiger partial charge in [-0.05, 0) is 56.9 Å². The molecular weight excluding hydrogens is 312 g/mol. The lowest BCUT2D eigenvalue weighted by molar-refractivity contribution is -0.121. The fraction of sp³-hybridized carbons (Fsp3) is 0.500. The Hall–Kier alpha value is -2.14. The second kappa shape index (κ2) is 8.30. The lowest BCUT2D eigenvalue weighted by Gasteiger charge is -2.41. The third-order valence-electron chi connectivity index (χ3n) is 5.38.